The average molecular weight is 268 g/mol. The minimum Gasteiger partial charge on any atom is -0.305 e. The molecule has 0 aliphatic rings. The molecule has 1 aromatic heterocycles. The highest BCUT2D eigenvalue weighted by Crippen LogP contribution is 2.20. The lowest BCUT2D eigenvalue weighted by Gasteiger charge is -2.20. The SMILES string of the molecule is CCCCCCCC(C)NC(CC)c1nccs1. The monoisotopic (exact) mass is 268 g/mol. The van der Waals surface area contributed by atoms with Crippen LogP contribution in [0.25, 0.3) is 0 Å². The molecular weight excluding hydrogens is 240 g/mol. The zero-order valence-electron chi connectivity index (χ0n) is 12.1. The van der Waals surface area contributed by atoms with Gasteiger partial charge in [0.25, 0.3) is 0 Å². The summed E-state index contributed by atoms with van der Waals surface area (Å²) in [6.07, 6.45) is 11.1. The first kappa shape index (κ1) is 15.6. The molecule has 104 valence electrons. The lowest BCUT2D eigenvalue weighted by atomic mass is 10.1. The number of thiazole rings is 1. The Morgan fingerprint density at radius 3 is 2.61 bits per heavy atom. The van der Waals surface area contributed by atoms with Crippen LogP contribution in [0, 0.1) is 0 Å². The van der Waals surface area contributed by atoms with Crippen molar-refractivity contribution in [3.05, 3.63) is 16.6 Å². The predicted molar refractivity (Wildman–Crippen MR) is 81.1 cm³/mol. The number of unbranched alkanes of at least 4 members (excludes halogenated alkanes) is 4. The number of aromatic nitrogens is 1. The van der Waals surface area contributed by atoms with Crippen molar-refractivity contribution in [3.8, 4) is 0 Å². The van der Waals surface area contributed by atoms with Crippen molar-refractivity contribution in [2.75, 3.05) is 0 Å². The Bertz CT molecular complexity index is 285. The number of nitrogens with zero attached hydrogens (tertiary/aromatic N) is 1. The molecule has 0 aliphatic carbocycles. The normalized spacial score (nSPS) is 14.6. The smallest absolute Gasteiger partial charge is 0.109 e. The molecule has 0 amide bonds. The summed E-state index contributed by atoms with van der Waals surface area (Å²) in [5.41, 5.74) is 0. The standard InChI is InChI=1S/C15H28N2S/c1-4-6-7-8-9-10-13(3)17-14(5-2)15-16-11-12-18-15/h11-14,17H,4-10H2,1-3H3. The molecule has 2 atom stereocenters. The van der Waals surface area contributed by atoms with E-state index in [0.29, 0.717) is 12.1 Å². The van der Waals surface area contributed by atoms with Gasteiger partial charge in [-0.3, -0.25) is 0 Å². The highest BCUT2D eigenvalue weighted by Gasteiger charge is 2.14. The summed E-state index contributed by atoms with van der Waals surface area (Å²) in [6, 6.07) is 1.04. The van der Waals surface area contributed by atoms with Crippen molar-refractivity contribution in [2.24, 2.45) is 0 Å². The van der Waals surface area contributed by atoms with Gasteiger partial charge in [-0.1, -0.05) is 46.0 Å². The summed E-state index contributed by atoms with van der Waals surface area (Å²) in [6.45, 7) is 6.80. The van der Waals surface area contributed by atoms with Crippen molar-refractivity contribution in [3.63, 3.8) is 0 Å². The Kier molecular flexibility index (Phi) is 8.27. The molecule has 18 heavy (non-hydrogen) atoms. The molecule has 0 bridgehead atoms. The third kappa shape index (κ3) is 5.96. The summed E-state index contributed by atoms with van der Waals surface area (Å²) in [5, 5.41) is 7.00. The summed E-state index contributed by atoms with van der Waals surface area (Å²) in [7, 11) is 0. The van der Waals surface area contributed by atoms with E-state index < -0.39 is 0 Å². The Hall–Kier alpha value is -0.410. The molecule has 1 aromatic rings. The van der Waals surface area contributed by atoms with Crippen LogP contribution in [0.5, 0.6) is 0 Å². The molecule has 0 saturated carbocycles. The third-order valence-electron chi connectivity index (χ3n) is 3.38. The molecule has 0 saturated heterocycles. The Labute approximate surface area is 116 Å². The summed E-state index contributed by atoms with van der Waals surface area (Å²) >= 11 is 1.76. The minimum absolute atomic E-state index is 0.440. The van der Waals surface area contributed by atoms with Gasteiger partial charge < -0.3 is 5.32 Å². The minimum atomic E-state index is 0.440. The van der Waals surface area contributed by atoms with E-state index in [9.17, 15) is 0 Å². The zero-order chi connectivity index (χ0) is 13.2. The van der Waals surface area contributed by atoms with E-state index in [2.05, 4.69) is 36.5 Å². The van der Waals surface area contributed by atoms with Crippen molar-refractivity contribution in [2.45, 2.75) is 77.8 Å². The van der Waals surface area contributed by atoms with Crippen LogP contribution in [0.15, 0.2) is 11.6 Å². The molecule has 1 N–H and O–H groups in total. The zero-order valence-corrected chi connectivity index (χ0v) is 12.9. The highest BCUT2D eigenvalue weighted by molar-refractivity contribution is 7.09. The fourth-order valence-corrected chi connectivity index (χ4v) is 3.03. The molecule has 0 aromatic carbocycles. The van der Waals surface area contributed by atoms with Gasteiger partial charge in [0.1, 0.15) is 5.01 Å². The van der Waals surface area contributed by atoms with E-state index in [1.54, 1.807) is 11.3 Å². The highest BCUT2D eigenvalue weighted by atomic mass is 32.1. The van der Waals surface area contributed by atoms with Crippen LogP contribution in [0.3, 0.4) is 0 Å². The van der Waals surface area contributed by atoms with Gasteiger partial charge in [0.2, 0.25) is 0 Å². The number of nitrogens with one attached hydrogen (secondary N) is 1. The van der Waals surface area contributed by atoms with Gasteiger partial charge >= 0.3 is 0 Å². The Morgan fingerprint density at radius 1 is 1.22 bits per heavy atom. The molecule has 0 spiro atoms. The van der Waals surface area contributed by atoms with Gasteiger partial charge in [0, 0.05) is 17.6 Å². The van der Waals surface area contributed by atoms with Gasteiger partial charge in [-0.05, 0) is 19.8 Å². The fourth-order valence-electron chi connectivity index (χ4n) is 2.25. The van der Waals surface area contributed by atoms with Crippen LogP contribution in [-0.4, -0.2) is 11.0 Å². The summed E-state index contributed by atoms with van der Waals surface area (Å²) in [5.74, 6) is 0. The molecule has 0 radical (unpaired) electrons. The van der Waals surface area contributed by atoms with Crippen LogP contribution in [-0.2, 0) is 0 Å². The topological polar surface area (TPSA) is 24.9 Å². The molecule has 0 aliphatic heterocycles. The number of rotatable bonds is 10. The van der Waals surface area contributed by atoms with Gasteiger partial charge in [-0.2, -0.15) is 0 Å². The van der Waals surface area contributed by atoms with Crippen molar-refractivity contribution >= 4 is 11.3 Å². The predicted octanol–water partition coefficient (Wildman–Crippen LogP) is 4.93. The lowest BCUT2D eigenvalue weighted by molar-refractivity contribution is 0.412. The second-order valence-corrected chi connectivity index (χ2v) is 6.03. The van der Waals surface area contributed by atoms with E-state index in [0.717, 1.165) is 6.42 Å². The molecule has 2 unspecified atom stereocenters. The van der Waals surface area contributed by atoms with Gasteiger partial charge in [-0.25, -0.2) is 4.98 Å². The second-order valence-electron chi connectivity index (χ2n) is 5.10. The van der Waals surface area contributed by atoms with Gasteiger partial charge in [0.05, 0.1) is 6.04 Å². The van der Waals surface area contributed by atoms with Crippen molar-refractivity contribution in [1.82, 2.24) is 10.3 Å². The fraction of sp³-hybridized carbons (Fsp3) is 0.800. The van der Waals surface area contributed by atoms with Crippen LogP contribution < -0.4 is 5.32 Å². The van der Waals surface area contributed by atoms with Crippen molar-refractivity contribution in [1.29, 1.82) is 0 Å². The maximum absolute atomic E-state index is 4.42. The van der Waals surface area contributed by atoms with E-state index in [1.165, 1.54) is 43.5 Å². The van der Waals surface area contributed by atoms with Crippen LogP contribution in [0.1, 0.15) is 76.8 Å². The lowest BCUT2D eigenvalue weighted by Crippen LogP contribution is -2.30. The first-order valence-electron chi connectivity index (χ1n) is 7.43. The number of hydrogen-bond acceptors (Lipinski definition) is 3. The Balaban J connectivity index is 2.19. The molecule has 1 heterocycles. The van der Waals surface area contributed by atoms with Crippen LogP contribution >= 0.6 is 11.3 Å². The van der Waals surface area contributed by atoms with Gasteiger partial charge in [-0.15, -0.1) is 11.3 Å². The molecule has 3 heteroatoms. The quantitative estimate of drug-likeness (QED) is 0.608. The average Bonchev–Trinajstić information content (AvgIpc) is 2.89. The van der Waals surface area contributed by atoms with Crippen LogP contribution in [0.4, 0.5) is 0 Å². The maximum atomic E-state index is 4.42. The van der Waals surface area contributed by atoms with E-state index in [-0.39, 0.29) is 0 Å². The molecule has 2 nitrogen and oxygen atoms in total. The molecule has 1 rings (SSSR count). The van der Waals surface area contributed by atoms with Gasteiger partial charge in [0.15, 0.2) is 0 Å². The largest absolute Gasteiger partial charge is 0.305 e. The third-order valence-corrected chi connectivity index (χ3v) is 4.27. The van der Waals surface area contributed by atoms with Crippen LogP contribution in [0.2, 0.25) is 0 Å². The maximum Gasteiger partial charge on any atom is 0.109 e. The second kappa shape index (κ2) is 9.51. The van der Waals surface area contributed by atoms with E-state index in [4.69, 9.17) is 0 Å². The summed E-state index contributed by atoms with van der Waals surface area (Å²) in [4.78, 5) is 4.42. The molecular formula is C15H28N2S. The Morgan fingerprint density at radius 2 is 2.00 bits per heavy atom. The van der Waals surface area contributed by atoms with E-state index >= 15 is 0 Å². The molecule has 0 fully saturated rings. The number of hydrogen-bond donors (Lipinski definition) is 1. The summed E-state index contributed by atoms with van der Waals surface area (Å²) < 4.78 is 0. The van der Waals surface area contributed by atoms with Crippen molar-refractivity contribution < 1.29 is 0 Å². The first-order valence-corrected chi connectivity index (χ1v) is 8.31. The van der Waals surface area contributed by atoms with E-state index in [1.807, 2.05) is 6.20 Å². The first-order chi connectivity index (χ1) is 8.77.